The largest absolute Gasteiger partial charge is 0.389 e. The Labute approximate surface area is 134 Å². The predicted molar refractivity (Wildman–Crippen MR) is 88.5 cm³/mol. The highest BCUT2D eigenvalue weighted by atomic mass is 16.4. The summed E-state index contributed by atoms with van der Waals surface area (Å²) in [7, 11) is 0. The number of carbonyl (C=O) groups excluding carboxylic acids is 1. The minimum Gasteiger partial charge on any atom is -0.389 e. The molecule has 1 amide bonds. The zero-order chi connectivity index (χ0) is 16.6. The Morgan fingerprint density at radius 2 is 2.00 bits per heavy atom. The Kier molecular flexibility index (Phi) is 3.83. The highest BCUT2D eigenvalue weighted by Gasteiger charge is 2.34. The van der Waals surface area contributed by atoms with Crippen LogP contribution in [0.1, 0.15) is 32.3 Å². The van der Waals surface area contributed by atoms with Gasteiger partial charge in [-0.3, -0.25) is 4.79 Å². The maximum atomic E-state index is 12.6. The molecule has 2 aromatic rings. The lowest BCUT2D eigenvalue weighted by Crippen LogP contribution is -2.49. The molecular weight excluding hydrogens is 294 g/mol. The molecule has 0 atom stereocenters. The molecule has 1 aromatic heterocycles. The first-order valence-electron chi connectivity index (χ1n) is 7.86. The van der Waals surface area contributed by atoms with E-state index in [2.05, 4.69) is 10.3 Å². The first-order chi connectivity index (χ1) is 10.9. The van der Waals surface area contributed by atoms with Crippen molar-refractivity contribution in [2.75, 3.05) is 18.4 Å². The van der Waals surface area contributed by atoms with Crippen molar-refractivity contribution in [3.05, 3.63) is 34.2 Å². The van der Waals surface area contributed by atoms with E-state index in [4.69, 9.17) is 4.42 Å². The molecule has 1 saturated heterocycles. The van der Waals surface area contributed by atoms with Crippen LogP contribution in [0.25, 0.3) is 10.9 Å². The fraction of sp³-hybridized carbons (Fsp3) is 0.471. The third-order valence-electron chi connectivity index (χ3n) is 4.21. The maximum Gasteiger partial charge on any atom is 0.348 e. The van der Waals surface area contributed by atoms with Crippen LogP contribution in [0.3, 0.4) is 0 Å². The van der Waals surface area contributed by atoms with Crippen molar-refractivity contribution >= 4 is 22.8 Å². The highest BCUT2D eigenvalue weighted by Crippen LogP contribution is 2.20. The van der Waals surface area contributed by atoms with E-state index in [0.717, 1.165) is 31.5 Å². The molecule has 6 nitrogen and oxygen atoms in total. The van der Waals surface area contributed by atoms with Crippen molar-refractivity contribution in [3.8, 4) is 0 Å². The molecule has 6 heteroatoms. The number of anilines is 1. The van der Waals surface area contributed by atoms with E-state index in [1.54, 1.807) is 19.9 Å². The van der Waals surface area contributed by atoms with Crippen molar-refractivity contribution in [1.29, 1.82) is 0 Å². The van der Waals surface area contributed by atoms with Crippen molar-refractivity contribution in [1.82, 2.24) is 9.88 Å². The van der Waals surface area contributed by atoms with Crippen molar-refractivity contribution in [3.63, 3.8) is 0 Å². The molecule has 0 aliphatic carbocycles. The lowest BCUT2D eigenvalue weighted by Gasteiger charge is -2.29. The zero-order valence-electron chi connectivity index (χ0n) is 13.7. The van der Waals surface area contributed by atoms with E-state index in [0.29, 0.717) is 10.9 Å². The summed E-state index contributed by atoms with van der Waals surface area (Å²) in [5.74, 6) is -0.0104. The van der Waals surface area contributed by atoms with Crippen molar-refractivity contribution in [2.24, 2.45) is 0 Å². The number of aryl methyl sites for hydroxylation is 1. The van der Waals surface area contributed by atoms with Gasteiger partial charge in [0.05, 0.1) is 10.9 Å². The molecule has 0 bridgehead atoms. The average molecular weight is 315 g/mol. The molecule has 3 rings (SSSR count). The summed E-state index contributed by atoms with van der Waals surface area (Å²) in [5, 5.41) is 3.45. The van der Waals surface area contributed by atoms with E-state index in [-0.39, 0.29) is 11.9 Å². The molecule has 122 valence electrons. The topological polar surface area (TPSA) is 75.4 Å². The van der Waals surface area contributed by atoms with Crippen LogP contribution in [0.5, 0.6) is 0 Å². The number of nitrogens with one attached hydrogen (secondary N) is 1. The quantitative estimate of drug-likeness (QED) is 0.940. The first-order valence-corrected chi connectivity index (χ1v) is 7.86. The van der Waals surface area contributed by atoms with Crippen LogP contribution in [0.4, 0.5) is 6.01 Å². The summed E-state index contributed by atoms with van der Waals surface area (Å²) >= 11 is 0. The van der Waals surface area contributed by atoms with Crippen LogP contribution in [0.2, 0.25) is 0 Å². The first kappa shape index (κ1) is 15.5. The summed E-state index contributed by atoms with van der Waals surface area (Å²) in [6.45, 7) is 6.94. The van der Waals surface area contributed by atoms with Gasteiger partial charge in [-0.15, -0.1) is 0 Å². The molecule has 1 N–H and O–H groups in total. The van der Waals surface area contributed by atoms with E-state index in [1.165, 1.54) is 0 Å². The van der Waals surface area contributed by atoms with E-state index >= 15 is 0 Å². The number of aromatic nitrogens is 1. The number of hydrogen-bond acceptors (Lipinski definition) is 5. The number of likely N-dealkylation sites (tertiary alicyclic amines) is 1. The van der Waals surface area contributed by atoms with Crippen LogP contribution in [-0.4, -0.2) is 34.4 Å². The minimum atomic E-state index is -0.884. The second kappa shape index (κ2) is 5.68. The molecule has 0 radical (unpaired) electrons. The van der Waals surface area contributed by atoms with Gasteiger partial charge >= 0.3 is 5.63 Å². The SMILES string of the molecule is Cc1cccc2nc(NC(C)(C)C(=O)N3CCCC3)oc(=O)c12. The third kappa shape index (κ3) is 2.93. The Balaban J connectivity index is 1.91. The molecule has 2 heterocycles. The Hall–Kier alpha value is -2.37. The predicted octanol–water partition coefficient (Wildman–Crippen LogP) is 2.31. The van der Waals surface area contributed by atoms with Gasteiger partial charge in [0, 0.05) is 13.1 Å². The summed E-state index contributed by atoms with van der Waals surface area (Å²) in [6, 6.07) is 5.52. The fourth-order valence-electron chi connectivity index (χ4n) is 2.97. The molecule has 1 aromatic carbocycles. The number of carbonyl (C=O) groups is 1. The fourth-order valence-corrected chi connectivity index (χ4v) is 2.97. The smallest absolute Gasteiger partial charge is 0.348 e. The number of rotatable bonds is 3. The Morgan fingerprint density at radius 3 is 2.70 bits per heavy atom. The normalized spacial score (nSPS) is 15.2. The summed E-state index contributed by atoms with van der Waals surface area (Å²) in [6.07, 6.45) is 2.06. The summed E-state index contributed by atoms with van der Waals surface area (Å²) in [4.78, 5) is 31.0. The van der Waals surface area contributed by atoms with E-state index in [9.17, 15) is 9.59 Å². The van der Waals surface area contributed by atoms with Gasteiger partial charge in [0.25, 0.3) is 6.01 Å². The lowest BCUT2D eigenvalue weighted by atomic mass is 10.0. The highest BCUT2D eigenvalue weighted by molar-refractivity contribution is 5.88. The summed E-state index contributed by atoms with van der Waals surface area (Å²) < 4.78 is 5.27. The van der Waals surface area contributed by atoms with Gasteiger partial charge in [0.15, 0.2) is 0 Å². The maximum absolute atomic E-state index is 12.6. The standard InChI is InChI=1S/C17H21N3O3/c1-11-7-6-8-12-13(11)14(21)23-16(18-12)19-17(2,3)15(22)20-9-4-5-10-20/h6-8H,4-5,9-10H2,1-3H3,(H,18,19). The van der Waals surface area contributed by atoms with E-state index in [1.807, 2.05) is 24.0 Å². The van der Waals surface area contributed by atoms with Gasteiger partial charge in [-0.25, -0.2) is 4.79 Å². The van der Waals surface area contributed by atoms with Gasteiger partial charge < -0.3 is 14.6 Å². The molecular formula is C17H21N3O3. The molecule has 0 unspecified atom stereocenters. The van der Waals surface area contributed by atoms with Crippen LogP contribution >= 0.6 is 0 Å². The van der Waals surface area contributed by atoms with Gasteiger partial charge in [0.2, 0.25) is 5.91 Å². The van der Waals surface area contributed by atoms with Gasteiger partial charge in [-0.1, -0.05) is 12.1 Å². The second-order valence-corrected chi connectivity index (χ2v) is 6.52. The monoisotopic (exact) mass is 315 g/mol. The Bertz CT molecular complexity index is 804. The number of fused-ring (bicyclic) bond motifs is 1. The Morgan fingerprint density at radius 1 is 1.30 bits per heavy atom. The third-order valence-corrected chi connectivity index (χ3v) is 4.21. The molecule has 1 aliphatic rings. The average Bonchev–Trinajstić information content (AvgIpc) is 2.99. The molecule has 1 aliphatic heterocycles. The molecule has 23 heavy (non-hydrogen) atoms. The van der Waals surface area contributed by atoms with Gasteiger partial charge in [0.1, 0.15) is 5.54 Å². The van der Waals surface area contributed by atoms with Crippen LogP contribution in [-0.2, 0) is 4.79 Å². The lowest BCUT2D eigenvalue weighted by molar-refractivity contribution is -0.133. The van der Waals surface area contributed by atoms with E-state index < -0.39 is 11.2 Å². The molecule has 1 fully saturated rings. The van der Waals surface area contributed by atoms with Crippen LogP contribution in [0, 0.1) is 6.92 Å². The van der Waals surface area contributed by atoms with Gasteiger partial charge in [-0.2, -0.15) is 4.98 Å². The zero-order valence-corrected chi connectivity index (χ0v) is 13.7. The van der Waals surface area contributed by atoms with Crippen molar-refractivity contribution < 1.29 is 9.21 Å². The minimum absolute atomic E-state index is 0.0104. The van der Waals surface area contributed by atoms with Gasteiger partial charge in [-0.05, 0) is 45.2 Å². The molecule has 0 saturated carbocycles. The molecule has 0 spiro atoms. The van der Waals surface area contributed by atoms with Crippen molar-refractivity contribution in [2.45, 2.75) is 39.2 Å². The number of nitrogens with zero attached hydrogens (tertiary/aromatic N) is 2. The van der Waals surface area contributed by atoms with Crippen LogP contribution < -0.4 is 10.9 Å². The number of hydrogen-bond donors (Lipinski definition) is 1. The summed E-state index contributed by atoms with van der Waals surface area (Å²) in [5.41, 5.74) is 0.0565. The number of amides is 1. The second-order valence-electron chi connectivity index (χ2n) is 6.52. The van der Waals surface area contributed by atoms with Crippen LogP contribution in [0.15, 0.2) is 27.4 Å². The number of benzene rings is 1.